The number of rotatable bonds is 4. The molecule has 0 aliphatic rings. The number of benzene rings is 1. The summed E-state index contributed by atoms with van der Waals surface area (Å²) in [6, 6.07) is 7.59. The van der Waals surface area contributed by atoms with Crippen molar-refractivity contribution in [3.8, 4) is 11.3 Å². The van der Waals surface area contributed by atoms with Gasteiger partial charge in [-0.1, -0.05) is 24.1 Å². The number of nitrogen functional groups attached to an aromatic ring is 1. The van der Waals surface area contributed by atoms with Crippen molar-refractivity contribution in [3.63, 3.8) is 0 Å². The number of hydrogen-bond donors (Lipinski definition) is 3. The van der Waals surface area contributed by atoms with E-state index in [1.807, 2.05) is 30.5 Å². The second-order valence-electron chi connectivity index (χ2n) is 3.74. The van der Waals surface area contributed by atoms with E-state index in [0.29, 0.717) is 5.69 Å². The van der Waals surface area contributed by atoms with Crippen LogP contribution in [0.25, 0.3) is 11.3 Å². The predicted octanol–water partition coefficient (Wildman–Crippen LogP) is 1.51. The fourth-order valence-electron chi connectivity index (χ4n) is 1.58. The largest absolute Gasteiger partial charge is 0.382 e. The summed E-state index contributed by atoms with van der Waals surface area (Å²) in [5.41, 5.74) is 13.1. The summed E-state index contributed by atoms with van der Waals surface area (Å²) in [5, 5.41) is 0. The van der Waals surface area contributed by atoms with E-state index in [0.717, 1.165) is 11.3 Å². The minimum absolute atomic E-state index is 0.0132. The number of hydrogen-bond acceptors (Lipinski definition) is 6. The molecule has 1 aromatic carbocycles. The second kappa shape index (κ2) is 5.57. The molecule has 6 nitrogen and oxygen atoms in total. The number of nitrogens with two attached hydrogens (primary N) is 2. The van der Waals surface area contributed by atoms with Crippen molar-refractivity contribution in [2.24, 2.45) is 5.73 Å². The van der Waals surface area contributed by atoms with Gasteiger partial charge < -0.3 is 16.2 Å². The van der Waals surface area contributed by atoms with Crippen molar-refractivity contribution >= 4 is 29.4 Å². The molecule has 0 fully saturated rings. The number of nitrogens with one attached hydrogen (secondary N) is 1. The lowest BCUT2D eigenvalue weighted by molar-refractivity contribution is 0.0996. The third-order valence-corrected chi connectivity index (χ3v) is 2.85. The molecule has 1 aromatic heterocycles. The number of amides is 1. The lowest BCUT2D eigenvalue weighted by Crippen LogP contribution is -2.17. The molecule has 1 amide bonds. The lowest BCUT2D eigenvalue weighted by Gasteiger charge is -2.07. The van der Waals surface area contributed by atoms with Gasteiger partial charge in [0.15, 0.2) is 11.5 Å². The average molecular weight is 275 g/mol. The van der Waals surface area contributed by atoms with Crippen molar-refractivity contribution in [1.29, 1.82) is 0 Å². The van der Waals surface area contributed by atoms with Gasteiger partial charge in [0.1, 0.15) is 0 Å². The van der Waals surface area contributed by atoms with Gasteiger partial charge in [-0.3, -0.25) is 4.79 Å². The van der Waals surface area contributed by atoms with E-state index in [1.165, 1.54) is 18.1 Å². The molecule has 5 N–H and O–H groups in total. The summed E-state index contributed by atoms with van der Waals surface area (Å²) >= 11 is 1.49. The van der Waals surface area contributed by atoms with E-state index in [4.69, 9.17) is 11.5 Å². The van der Waals surface area contributed by atoms with Gasteiger partial charge in [-0.2, -0.15) is 0 Å². The van der Waals surface area contributed by atoms with Gasteiger partial charge >= 0.3 is 0 Å². The lowest BCUT2D eigenvalue weighted by atomic mass is 10.1. The molecular formula is C12H13N5OS. The van der Waals surface area contributed by atoms with Crippen LogP contribution in [0, 0.1) is 0 Å². The van der Waals surface area contributed by atoms with E-state index < -0.39 is 5.91 Å². The van der Waals surface area contributed by atoms with Gasteiger partial charge in [-0.15, -0.1) is 0 Å². The van der Waals surface area contributed by atoms with Gasteiger partial charge in [0.05, 0.1) is 11.9 Å². The number of anilines is 2. The second-order valence-corrected chi connectivity index (χ2v) is 4.35. The molecule has 0 bridgehead atoms. The number of aromatic nitrogens is 2. The van der Waals surface area contributed by atoms with Crippen molar-refractivity contribution in [3.05, 3.63) is 36.2 Å². The van der Waals surface area contributed by atoms with Crippen LogP contribution in [0.4, 0.5) is 11.5 Å². The minimum Gasteiger partial charge on any atom is -0.382 e. The molecule has 0 spiro atoms. The van der Waals surface area contributed by atoms with Crippen LogP contribution >= 0.6 is 11.9 Å². The number of nitrogens with zero attached hydrogens (tertiary/aromatic N) is 2. The zero-order valence-corrected chi connectivity index (χ0v) is 11.1. The van der Waals surface area contributed by atoms with Crippen LogP contribution in [0.2, 0.25) is 0 Å². The molecule has 0 aliphatic heterocycles. The molecule has 2 aromatic rings. The summed E-state index contributed by atoms with van der Waals surface area (Å²) in [6.07, 6.45) is 3.45. The molecule has 19 heavy (non-hydrogen) atoms. The molecule has 0 radical (unpaired) electrons. The quantitative estimate of drug-likeness (QED) is 0.730. The van der Waals surface area contributed by atoms with Crippen LogP contribution < -0.4 is 16.2 Å². The van der Waals surface area contributed by atoms with Crippen LogP contribution in [-0.2, 0) is 0 Å². The Morgan fingerprint density at radius 3 is 2.89 bits per heavy atom. The number of carbonyl (C=O) groups is 1. The van der Waals surface area contributed by atoms with Gasteiger partial charge in [0, 0.05) is 17.5 Å². The Morgan fingerprint density at radius 1 is 1.42 bits per heavy atom. The Kier molecular flexibility index (Phi) is 3.86. The first-order valence-electron chi connectivity index (χ1n) is 5.43. The average Bonchev–Trinajstić information content (AvgIpc) is 2.39. The fourth-order valence-corrected chi connectivity index (χ4v) is 1.94. The highest BCUT2D eigenvalue weighted by Crippen LogP contribution is 2.22. The van der Waals surface area contributed by atoms with Crippen LogP contribution in [0.15, 0.2) is 30.5 Å². The van der Waals surface area contributed by atoms with Gasteiger partial charge in [-0.05, 0) is 12.1 Å². The summed E-state index contributed by atoms with van der Waals surface area (Å²) in [4.78, 5) is 19.3. The van der Waals surface area contributed by atoms with Crippen molar-refractivity contribution < 1.29 is 4.79 Å². The third kappa shape index (κ3) is 2.94. The molecule has 98 valence electrons. The highest BCUT2D eigenvalue weighted by molar-refractivity contribution is 7.99. The van der Waals surface area contributed by atoms with E-state index in [1.54, 1.807) is 0 Å². The number of primary amides is 1. The SMILES string of the molecule is CSNc1cccc(-c2cnc(N)c(C(N)=O)n2)c1. The van der Waals surface area contributed by atoms with Gasteiger partial charge in [-0.25, -0.2) is 9.97 Å². The van der Waals surface area contributed by atoms with E-state index >= 15 is 0 Å². The van der Waals surface area contributed by atoms with Crippen molar-refractivity contribution in [2.45, 2.75) is 0 Å². The fraction of sp³-hybridized carbons (Fsp3) is 0.0833. The maximum absolute atomic E-state index is 11.2. The Labute approximate surface area is 114 Å². The third-order valence-electron chi connectivity index (χ3n) is 2.41. The first-order valence-corrected chi connectivity index (χ1v) is 6.66. The normalized spacial score (nSPS) is 10.2. The summed E-state index contributed by atoms with van der Waals surface area (Å²) in [5.74, 6) is -0.653. The Morgan fingerprint density at radius 2 is 2.21 bits per heavy atom. The van der Waals surface area contributed by atoms with Crippen LogP contribution in [-0.4, -0.2) is 22.1 Å². The van der Waals surface area contributed by atoms with Gasteiger partial charge in [0.2, 0.25) is 0 Å². The molecule has 0 unspecified atom stereocenters. The molecule has 1 heterocycles. The highest BCUT2D eigenvalue weighted by Gasteiger charge is 2.11. The Hall–Kier alpha value is -2.28. The zero-order chi connectivity index (χ0) is 13.8. The minimum atomic E-state index is -0.690. The standard InChI is InChI=1S/C12H13N5OS/c1-19-17-8-4-2-3-7(5-8)9-6-15-11(13)10(16-9)12(14)18/h2-6,17H,1H3,(H2,13,15)(H2,14,18). The van der Waals surface area contributed by atoms with Crippen molar-refractivity contribution in [1.82, 2.24) is 9.97 Å². The summed E-state index contributed by atoms with van der Waals surface area (Å²) < 4.78 is 3.12. The van der Waals surface area contributed by atoms with Gasteiger partial charge in [0.25, 0.3) is 5.91 Å². The van der Waals surface area contributed by atoms with Crippen LogP contribution in [0.1, 0.15) is 10.5 Å². The molecule has 0 aliphatic carbocycles. The maximum atomic E-state index is 11.2. The zero-order valence-electron chi connectivity index (χ0n) is 10.3. The van der Waals surface area contributed by atoms with E-state index in [9.17, 15) is 4.79 Å². The van der Waals surface area contributed by atoms with Crippen molar-refractivity contribution in [2.75, 3.05) is 16.7 Å². The number of carbonyl (C=O) groups excluding carboxylic acids is 1. The first kappa shape index (κ1) is 13.2. The smallest absolute Gasteiger partial charge is 0.271 e. The molecule has 2 rings (SSSR count). The Balaban J connectivity index is 2.44. The Bertz CT molecular complexity index is 617. The van der Waals surface area contributed by atoms with E-state index in [-0.39, 0.29) is 11.5 Å². The molecule has 0 saturated carbocycles. The molecule has 0 saturated heterocycles. The topological polar surface area (TPSA) is 107 Å². The van der Waals surface area contributed by atoms with Crippen LogP contribution in [0.5, 0.6) is 0 Å². The highest BCUT2D eigenvalue weighted by atomic mass is 32.2. The van der Waals surface area contributed by atoms with E-state index in [2.05, 4.69) is 14.7 Å². The maximum Gasteiger partial charge on any atom is 0.271 e. The predicted molar refractivity (Wildman–Crippen MR) is 77.5 cm³/mol. The monoisotopic (exact) mass is 275 g/mol. The summed E-state index contributed by atoms with van der Waals surface area (Å²) in [7, 11) is 0. The molecular weight excluding hydrogens is 262 g/mol. The summed E-state index contributed by atoms with van der Waals surface area (Å²) in [6.45, 7) is 0. The van der Waals surface area contributed by atoms with Crippen LogP contribution in [0.3, 0.4) is 0 Å². The molecule has 7 heteroatoms. The molecule has 0 atom stereocenters. The first-order chi connectivity index (χ1) is 9.11.